The van der Waals surface area contributed by atoms with E-state index in [4.69, 9.17) is 4.74 Å². The lowest BCUT2D eigenvalue weighted by molar-refractivity contribution is -0.274. The number of benzene rings is 3. The van der Waals surface area contributed by atoms with Gasteiger partial charge in [0.1, 0.15) is 17.1 Å². The molecule has 0 radical (unpaired) electrons. The van der Waals surface area contributed by atoms with E-state index in [0.717, 1.165) is 54.1 Å². The lowest BCUT2D eigenvalue weighted by Crippen LogP contribution is -2.59. The highest BCUT2D eigenvalue weighted by Gasteiger charge is 2.60. The summed E-state index contributed by atoms with van der Waals surface area (Å²) in [6.45, 7) is 1.38. The number of hydrogen-bond donors (Lipinski definition) is 2. The fourth-order valence-electron chi connectivity index (χ4n) is 4.77. The Morgan fingerprint density at radius 1 is 0.848 bits per heavy atom. The van der Waals surface area contributed by atoms with Gasteiger partial charge in [-0.15, -0.1) is 13.2 Å². The second kappa shape index (κ2) is 13.0. The van der Waals surface area contributed by atoms with Crippen molar-refractivity contribution in [1.82, 2.24) is 5.32 Å². The van der Waals surface area contributed by atoms with Crippen molar-refractivity contribution in [3.05, 3.63) is 95.1 Å². The summed E-state index contributed by atoms with van der Waals surface area (Å²) >= 11 is 0. The number of halogens is 9. The minimum atomic E-state index is -5.11. The Morgan fingerprint density at radius 2 is 1.43 bits per heavy atom. The number of anilines is 1. The SMILES string of the molecule is Cc1ccc(C2=C(C(=O)Nc3ccc(OC(F)(F)F)cc3)C(=O)NC(c3ccc(OCCCC(F)(F)F)cc3)(C(F)(F)F)C2)cc1. The fraction of sp³-hybridized carbons (Fsp3) is 0.290. The van der Waals surface area contributed by atoms with Crippen LogP contribution in [0, 0.1) is 6.92 Å². The van der Waals surface area contributed by atoms with Gasteiger partial charge in [0, 0.05) is 18.5 Å². The van der Waals surface area contributed by atoms with Gasteiger partial charge in [0.15, 0.2) is 5.54 Å². The van der Waals surface area contributed by atoms with Crippen LogP contribution in [-0.4, -0.2) is 37.1 Å². The molecule has 0 aromatic heterocycles. The quantitative estimate of drug-likeness (QED) is 0.139. The standard InChI is InChI=1S/C31H25F9N2O4/c1-18-3-5-19(6-4-18)24-17-28(30(35,36)37,20-7-11-22(12-8-20)45-16-2-15-29(32,33)34)42-27(44)25(24)26(43)41-21-9-13-23(14-10-21)46-31(38,39)40/h3-14H,2,15-17H2,1H3,(H,41,43)(H,42,44). The number of carbonyl (C=O) groups excluding carboxylic acids is 2. The summed E-state index contributed by atoms with van der Waals surface area (Å²) < 4.78 is 128. The molecular weight excluding hydrogens is 635 g/mol. The Bertz CT molecular complexity index is 1580. The smallest absolute Gasteiger partial charge is 0.494 e. The van der Waals surface area contributed by atoms with Gasteiger partial charge in [0.05, 0.1) is 6.61 Å². The van der Waals surface area contributed by atoms with E-state index in [-0.39, 0.29) is 35.6 Å². The highest BCUT2D eigenvalue weighted by atomic mass is 19.4. The third-order valence-corrected chi connectivity index (χ3v) is 6.97. The van der Waals surface area contributed by atoms with Gasteiger partial charge < -0.3 is 20.1 Å². The molecule has 1 aliphatic heterocycles. The lowest BCUT2D eigenvalue weighted by Gasteiger charge is -2.41. The molecule has 2 N–H and O–H groups in total. The predicted octanol–water partition coefficient (Wildman–Crippen LogP) is 7.98. The van der Waals surface area contributed by atoms with Crippen LogP contribution >= 0.6 is 0 Å². The number of alkyl halides is 9. The summed E-state index contributed by atoms with van der Waals surface area (Å²) in [5, 5.41) is 4.27. The maximum absolute atomic E-state index is 14.9. The Labute approximate surface area is 256 Å². The molecule has 3 aromatic carbocycles. The first kappa shape index (κ1) is 34.2. The Balaban J connectivity index is 1.68. The van der Waals surface area contributed by atoms with Crippen molar-refractivity contribution in [3.8, 4) is 11.5 Å². The molecule has 1 atom stereocenters. The van der Waals surface area contributed by atoms with Crippen molar-refractivity contribution >= 4 is 23.1 Å². The monoisotopic (exact) mass is 660 g/mol. The van der Waals surface area contributed by atoms with Gasteiger partial charge in [-0.25, -0.2) is 0 Å². The summed E-state index contributed by atoms with van der Waals surface area (Å²) in [5.74, 6) is -3.07. The molecule has 0 spiro atoms. The molecule has 2 amide bonds. The van der Waals surface area contributed by atoms with Gasteiger partial charge in [-0.1, -0.05) is 42.0 Å². The van der Waals surface area contributed by atoms with Crippen molar-refractivity contribution < 1.29 is 58.6 Å². The average molecular weight is 661 g/mol. The molecule has 246 valence electrons. The molecule has 0 saturated carbocycles. The Kier molecular flexibility index (Phi) is 9.64. The molecule has 15 heteroatoms. The van der Waals surface area contributed by atoms with Crippen LogP contribution in [0.4, 0.5) is 45.2 Å². The third kappa shape index (κ3) is 8.31. The lowest BCUT2D eigenvalue weighted by atomic mass is 9.76. The summed E-state index contributed by atoms with van der Waals surface area (Å²) in [4.78, 5) is 26.8. The predicted molar refractivity (Wildman–Crippen MR) is 148 cm³/mol. The second-order valence-corrected chi connectivity index (χ2v) is 10.4. The van der Waals surface area contributed by atoms with Crippen LogP contribution in [0.3, 0.4) is 0 Å². The number of nitrogens with one attached hydrogen (secondary N) is 2. The molecule has 3 aromatic rings. The zero-order valence-corrected chi connectivity index (χ0v) is 23.8. The maximum Gasteiger partial charge on any atom is 0.573 e. The molecule has 0 saturated heterocycles. The van der Waals surface area contributed by atoms with E-state index in [1.807, 2.05) is 5.32 Å². The van der Waals surface area contributed by atoms with Gasteiger partial charge in [-0.2, -0.15) is 26.3 Å². The zero-order chi connectivity index (χ0) is 33.9. The van der Waals surface area contributed by atoms with E-state index in [1.54, 1.807) is 19.1 Å². The van der Waals surface area contributed by atoms with Crippen molar-refractivity contribution in [2.24, 2.45) is 0 Å². The summed E-state index contributed by atoms with van der Waals surface area (Å²) in [6, 6.07) is 14.3. The van der Waals surface area contributed by atoms with Crippen molar-refractivity contribution in [2.75, 3.05) is 11.9 Å². The number of amides is 2. The number of carbonyl (C=O) groups is 2. The first-order valence-electron chi connectivity index (χ1n) is 13.5. The number of ether oxygens (including phenoxy) is 2. The normalized spacial score (nSPS) is 17.4. The number of aryl methyl sites for hydroxylation is 1. The third-order valence-electron chi connectivity index (χ3n) is 6.97. The zero-order valence-electron chi connectivity index (χ0n) is 23.8. The molecule has 4 rings (SSSR count). The van der Waals surface area contributed by atoms with Gasteiger partial charge in [-0.3, -0.25) is 9.59 Å². The largest absolute Gasteiger partial charge is 0.573 e. The molecule has 1 heterocycles. The van der Waals surface area contributed by atoms with Crippen molar-refractivity contribution in [3.63, 3.8) is 0 Å². The van der Waals surface area contributed by atoms with Gasteiger partial charge in [-0.05, 0) is 66.4 Å². The van der Waals surface area contributed by atoms with E-state index in [2.05, 4.69) is 10.1 Å². The molecule has 0 fully saturated rings. The molecule has 1 unspecified atom stereocenters. The number of rotatable bonds is 9. The summed E-state index contributed by atoms with van der Waals surface area (Å²) in [5.41, 5.74) is -3.56. The van der Waals surface area contributed by atoms with Crippen LogP contribution in [0.2, 0.25) is 0 Å². The molecule has 0 aliphatic carbocycles. The van der Waals surface area contributed by atoms with E-state index >= 15 is 0 Å². The highest BCUT2D eigenvalue weighted by Crippen LogP contribution is 2.48. The molecular formula is C31H25F9N2O4. The first-order chi connectivity index (χ1) is 21.4. The molecule has 0 bridgehead atoms. The van der Waals surface area contributed by atoms with Crippen LogP contribution in [0.1, 0.15) is 36.0 Å². The van der Waals surface area contributed by atoms with E-state index < -0.39 is 65.8 Å². The van der Waals surface area contributed by atoms with E-state index in [9.17, 15) is 49.1 Å². The van der Waals surface area contributed by atoms with E-state index in [0.29, 0.717) is 0 Å². The van der Waals surface area contributed by atoms with Crippen molar-refractivity contribution in [1.29, 1.82) is 0 Å². The van der Waals surface area contributed by atoms with Gasteiger partial charge in [0.25, 0.3) is 11.8 Å². The molecule has 6 nitrogen and oxygen atoms in total. The number of hydrogen-bond acceptors (Lipinski definition) is 4. The minimum Gasteiger partial charge on any atom is -0.494 e. The van der Waals surface area contributed by atoms with Gasteiger partial charge >= 0.3 is 18.7 Å². The van der Waals surface area contributed by atoms with Gasteiger partial charge in [0.2, 0.25) is 0 Å². The Hall–Kier alpha value is -4.69. The van der Waals surface area contributed by atoms with Crippen LogP contribution in [0.25, 0.3) is 5.57 Å². The Morgan fingerprint density at radius 3 is 1.98 bits per heavy atom. The summed E-state index contributed by atoms with van der Waals surface area (Å²) in [7, 11) is 0. The second-order valence-electron chi connectivity index (χ2n) is 10.4. The highest BCUT2D eigenvalue weighted by molar-refractivity contribution is 6.28. The van der Waals surface area contributed by atoms with Crippen LogP contribution in [-0.2, 0) is 15.1 Å². The minimum absolute atomic E-state index is 0.00593. The summed E-state index contributed by atoms with van der Waals surface area (Å²) in [6.07, 6.45) is -16.9. The van der Waals surface area contributed by atoms with Crippen LogP contribution < -0.4 is 20.1 Å². The van der Waals surface area contributed by atoms with Crippen LogP contribution in [0.15, 0.2) is 78.4 Å². The fourth-order valence-corrected chi connectivity index (χ4v) is 4.77. The molecule has 1 aliphatic rings. The molecule has 46 heavy (non-hydrogen) atoms. The van der Waals surface area contributed by atoms with Crippen molar-refractivity contribution in [2.45, 2.75) is 50.4 Å². The maximum atomic E-state index is 14.9. The average Bonchev–Trinajstić information content (AvgIpc) is 2.95. The topological polar surface area (TPSA) is 76.7 Å². The van der Waals surface area contributed by atoms with E-state index in [1.165, 1.54) is 12.1 Å². The first-order valence-corrected chi connectivity index (χ1v) is 13.5. The van der Waals surface area contributed by atoms with Crippen LogP contribution in [0.5, 0.6) is 11.5 Å².